The van der Waals surface area contributed by atoms with Gasteiger partial charge in [-0.2, -0.15) is 5.10 Å². The van der Waals surface area contributed by atoms with Crippen LogP contribution in [0, 0.1) is 0 Å². The van der Waals surface area contributed by atoms with E-state index in [1.54, 1.807) is 24.4 Å². The Morgan fingerprint density at radius 3 is 2.73 bits per heavy atom. The zero-order valence-electron chi connectivity index (χ0n) is 11.4. The molecule has 0 aliphatic carbocycles. The number of thiocarbonyl (C=S) groups is 1. The van der Waals surface area contributed by atoms with Gasteiger partial charge in [0.15, 0.2) is 5.11 Å². The Labute approximate surface area is 143 Å². The summed E-state index contributed by atoms with van der Waals surface area (Å²) >= 11 is 16.6. The summed E-state index contributed by atoms with van der Waals surface area (Å²) in [5.41, 5.74) is 9.47. The molecule has 0 radical (unpaired) electrons. The summed E-state index contributed by atoms with van der Waals surface area (Å²) in [6.45, 7) is 0.381. The van der Waals surface area contributed by atoms with Gasteiger partial charge in [0.2, 0.25) is 0 Å². The van der Waals surface area contributed by atoms with E-state index < -0.39 is 0 Å². The molecular formula is C15H13Cl2N3OS. The normalized spacial score (nSPS) is 10.6. The van der Waals surface area contributed by atoms with Gasteiger partial charge >= 0.3 is 0 Å². The Balaban J connectivity index is 2.12. The van der Waals surface area contributed by atoms with Crippen LogP contribution < -0.4 is 15.9 Å². The van der Waals surface area contributed by atoms with Crippen molar-refractivity contribution in [3.8, 4) is 5.75 Å². The summed E-state index contributed by atoms with van der Waals surface area (Å²) in [4.78, 5) is 0. The average molecular weight is 354 g/mol. The van der Waals surface area contributed by atoms with Gasteiger partial charge in [-0.3, -0.25) is 5.43 Å². The van der Waals surface area contributed by atoms with E-state index in [-0.39, 0.29) is 5.11 Å². The van der Waals surface area contributed by atoms with E-state index in [4.69, 9.17) is 33.7 Å². The lowest BCUT2D eigenvalue weighted by molar-refractivity contribution is 0.306. The predicted molar refractivity (Wildman–Crippen MR) is 94.8 cm³/mol. The van der Waals surface area contributed by atoms with Gasteiger partial charge in [0, 0.05) is 15.6 Å². The maximum atomic E-state index is 5.99. The number of halogens is 2. The maximum absolute atomic E-state index is 5.99. The van der Waals surface area contributed by atoms with Crippen molar-refractivity contribution in [3.63, 3.8) is 0 Å². The summed E-state index contributed by atoms with van der Waals surface area (Å²) in [6, 6.07) is 12.7. The van der Waals surface area contributed by atoms with Crippen LogP contribution in [0.25, 0.3) is 0 Å². The fourth-order valence-electron chi connectivity index (χ4n) is 1.70. The lowest BCUT2D eigenvalue weighted by atomic mass is 10.2. The van der Waals surface area contributed by atoms with Crippen LogP contribution in [-0.2, 0) is 6.61 Å². The largest absolute Gasteiger partial charge is 0.488 e. The van der Waals surface area contributed by atoms with Crippen molar-refractivity contribution in [2.75, 3.05) is 0 Å². The molecule has 2 rings (SSSR count). The minimum absolute atomic E-state index is 0.0830. The van der Waals surface area contributed by atoms with Crippen molar-refractivity contribution < 1.29 is 4.74 Å². The molecule has 0 amide bonds. The van der Waals surface area contributed by atoms with Crippen LogP contribution in [-0.4, -0.2) is 11.3 Å². The summed E-state index contributed by atoms with van der Waals surface area (Å²) in [5.74, 6) is 0.637. The fourth-order valence-corrected chi connectivity index (χ4v) is 2.15. The second-order valence-corrected chi connectivity index (χ2v) is 5.65. The van der Waals surface area contributed by atoms with Crippen LogP contribution >= 0.6 is 35.4 Å². The van der Waals surface area contributed by atoms with Gasteiger partial charge in [-0.1, -0.05) is 35.3 Å². The molecule has 0 saturated heterocycles. The van der Waals surface area contributed by atoms with Gasteiger partial charge in [0.1, 0.15) is 12.4 Å². The third-order valence-corrected chi connectivity index (χ3v) is 3.20. The van der Waals surface area contributed by atoms with Crippen LogP contribution in [0.4, 0.5) is 0 Å². The molecule has 0 fully saturated rings. The molecule has 0 aliphatic heterocycles. The number of ether oxygens (including phenoxy) is 1. The molecule has 2 aromatic rings. The monoisotopic (exact) mass is 353 g/mol. The zero-order chi connectivity index (χ0) is 15.9. The van der Waals surface area contributed by atoms with Crippen LogP contribution in [0.5, 0.6) is 5.75 Å². The topological polar surface area (TPSA) is 59.6 Å². The molecule has 0 aromatic heterocycles. The van der Waals surface area contributed by atoms with E-state index >= 15 is 0 Å². The van der Waals surface area contributed by atoms with E-state index in [1.165, 1.54) is 0 Å². The molecule has 0 bridgehead atoms. The minimum Gasteiger partial charge on any atom is -0.488 e. The fraction of sp³-hybridized carbons (Fsp3) is 0.0667. The first kappa shape index (κ1) is 16.5. The van der Waals surface area contributed by atoms with Crippen molar-refractivity contribution in [3.05, 3.63) is 63.6 Å². The third kappa shape index (κ3) is 5.18. The first-order valence-electron chi connectivity index (χ1n) is 6.30. The second kappa shape index (κ2) is 7.98. The van der Waals surface area contributed by atoms with Crippen molar-refractivity contribution in [2.24, 2.45) is 10.8 Å². The van der Waals surface area contributed by atoms with Gasteiger partial charge in [0.05, 0.1) is 6.21 Å². The van der Waals surface area contributed by atoms with E-state index in [9.17, 15) is 0 Å². The highest BCUT2D eigenvalue weighted by molar-refractivity contribution is 7.80. The number of hydrogen-bond donors (Lipinski definition) is 2. The Morgan fingerprint density at radius 1 is 1.23 bits per heavy atom. The molecule has 0 heterocycles. The molecule has 3 N–H and O–H groups in total. The van der Waals surface area contributed by atoms with Gasteiger partial charge in [0.25, 0.3) is 0 Å². The Kier molecular flexibility index (Phi) is 6.00. The first-order valence-corrected chi connectivity index (χ1v) is 7.46. The first-order chi connectivity index (χ1) is 10.5. The maximum Gasteiger partial charge on any atom is 0.184 e. The SMILES string of the molecule is NC(=S)N/N=C\c1cc(Cl)ccc1OCc1cccc(Cl)c1. The highest BCUT2D eigenvalue weighted by atomic mass is 35.5. The molecule has 0 spiro atoms. The van der Waals surface area contributed by atoms with Crippen molar-refractivity contribution in [1.29, 1.82) is 0 Å². The molecule has 4 nitrogen and oxygen atoms in total. The molecule has 0 unspecified atom stereocenters. The van der Waals surface area contributed by atoms with Gasteiger partial charge < -0.3 is 10.5 Å². The lowest BCUT2D eigenvalue weighted by Crippen LogP contribution is -2.24. The van der Waals surface area contributed by atoms with Crippen molar-refractivity contribution in [1.82, 2.24) is 5.43 Å². The van der Waals surface area contributed by atoms with Crippen molar-refractivity contribution in [2.45, 2.75) is 6.61 Å². The minimum atomic E-state index is 0.0830. The molecule has 2 aromatic carbocycles. The number of nitrogens with one attached hydrogen (secondary N) is 1. The summed E-state index contributed by atoms with van der Waals surface area (Å²) in [5, 5.41) is 5.24. The second-order valence-electron chi connectivity index (χ2n) is 4.33. The molecule has 0 atom stereocenters. The summed E-state index contributed by atoms with van der Waals surface area (Å²) in [6.07, 6.45) is 1.54. The van der Waals surface area contributed by atoms with Gasteiger partial charge in [-0.15, -0.1) is 0 Å². The summed E-state index contributed by atoms with van der Waals surface area (Å²) < 4.78 is 5.79. The Bertz CT molecular complexity index is 707. The number of rotatable bonds is 5. The number of hydrazone groups is 1. The smallest absolute Gasteiger partial charge is 0.184 e. The van der Waals surface area contributed by atoms with Crippen LogP contribution in [0.3, 0.4) is 0 Å². The molecular weight excluding hydrogens is 341 g/mol. The molecule has 0 aliphatic rings. The van der Waals surface area contributed by atoms with E-state index in [2.05, 4.69) is 22.7 Å². The molecule has 114 valence electrons. The highest BCUT2D eigenvalue weighted by Gasteiger charge is 2.04. The molecule has 22 heavy (non-hydrogen) atoms. The van der Waals surface area contributed by atoms with Gasteiger partial charge in [-0.05, 0) is 48.1 Å². The van der Waals surface area contributed by atoms with Crippen LogP contribution in [0.2, 0.25) is 10.0 Å². The van der Waals surface area contributed by atoms with Crippen LogP contribution in [0.15, 0.2) is 47.6 Å². The Morgan fingerprint density at radius 2 is 2.00 bits per heavy atom. The van der Waals surface area contributed by atoms with E-state index in [0.717, 1.165) is 5.56 Å². The standard InChI is InChI=1S/C15H13Cl2N3OS/c16-12-3-1-2-10(6-12)9-21-14-5-4-13(17)7-11(14)8-19-20-15(18)22/h1-8H,9H2,(H3,18,20,22)/b19-8-. The molecule has 7 heteroatoms. The molecule has 0 saturated carbocycles. The van der Waals surface area contributed by atoms with Crippen molar-refractivity contribution >= 4 is 46.7 Å². The lowest BCUT2D eigenvalue weighted by Gasteiger charge is -2.10. The number of benzene rings is 2. The summed E-state index contributed by atoms with van der Waals surface area (Å²) in [7, 11) is 0. The van der Waals surface area contributed by atoms with Crippen LogP contribution in [0.1, 0.15) is 11.1 Å². The zero-order valence-corrected chi connectivity index (χ0v) is 13.8. The number of nitrogens with zero attached hydrogens (tertiary/aromatic N) is 1. The Hall–Kier alpha value is -1.82. The predicted octanol–water partition coefficient (Wildman–Crippen LogP) is 3.74. The highest BCUT2D eigenvalue weighted by Crippen LogP contribution is 2.23. The van der Waals surface area contributed by atoms with Gasteiger partial charge in [-0.25, -0.2) is 0 Å². The quantitative estimate of drug-likeness (QED) is 0.488. The van der Waals surface area contributed by atoms with E-state index in [0.29, 0.717) is 28.0 Å². The average Bonchev–Trinajstić information content (AvgIpc) is 2.46. The van der Waals surface area contributed by atoms with E-state index in [1.807, 2.05) is 24.3 Å². The number of hydrogen-bond acceptors (Lipinski definition) is 3. The third-order valence-electron chi connectivity index (χ3n) is 2.63. The number of nitrogens with two attached hydrogens (primary N) is 1.